The van der Waals surface area contributed by atoms with Crippen molar-refractivity contribution < 1.29 is 43.9 Å². The quantitative estimate of drug-likeness (QED) is 0.102. The van der Waals surface area contributed by atoms with Crippen LogP contribution in [0.15, 0.2) is 46.6 Å². The van der Waals surface area contributed by atoms with Gasteiger partial charge in [-0.3, -0.25) is 0 Å². The number of carbonyl (C=O) groups excluding carboxylic acids is 3. The molecular weight excluding hydrogens is 672 g/mol. The van der Waals surface area contributed by atoms with Gasteiger partial charge in [0.05, 0.1) is 24.2 Å². The van der Waals surface area contributed by atoms with Crippen molar-refractivity contribution in [3.8, 4) is 0 Å². The Labute approximate surface area is 317 Å². The highest BCUT2D eigenvalue weighted by molar-refractivity contribution is 5.88. The fraction of sp³-hybridized carbons (Fsp3) is 0.750. The van der Waals surface area contributed by atoms with Crippen LogP contribution in [0.4, 0.5) is 0 Å². The number of ether oxygens (including phenoxy) is 3. The summed E-state index contributed by atoms with van der Waals surface area (Å²) in [6.07, 6.45) is 8.48. The average Bonchev–Trinajstić information content (AvgIpc) is 3.12. The van der Waals surface area contributed by atoms with E-state index in [-0.39, 0.29) is 53.7 Å². The fourth-order valence-electron chi connectivity index (χ4n) is 12.1. The summed E-state index contributed by atoms with van der Waals surface area (Å²) >= 11 is 0. The Morgan fingerprint density at radius 2 is 1.36 bits per heavy atom. The number of fused-ring (bicyclic) bond motifs is 7. The molecule has 53 heavy (non-hydrogen) atoms. The third-order valence-electron chi connectivity index (χ3n) is 16.1. The molecule has 5 aliphatic rings. The van der Waals surface area contributed by atoms with Crippen molar-refractivity contribution in [2.45, 2.75) is 146 Å². The molecule has 0 spiro atoms. The van der Waals surface area contributed by atoms with Crippen LogP contribution < -0.4 is 0 Å². The van der Waals surface area contributed by atoms with Gasteiger partial charge >= 0.3 is 17.9 Å². The van der Waals surface area contributed by atoms with Crippen molar-refractivity contribution in [1.82, 2.24) is 0 Å². The first kappa shape index (κ1) is 41.4. The van der Waals surface area contributed by atoms with Gasteiger partial charge in [-0.05, 0) is 126 Å². The number of aliphatic hydroxyl groups excluding tert-OH is 3. The van der Waals surface area contributed by atoms with Crippen LogP contribution in [0.1, 0.15) is 121 Å². The van der Waals surface area contributed by atoms with E-state index in [2.05, 4.69) is 33.8 Å². The molecule has 3 N–H and O–H groups in total. The van der Waals surface area contributed by atoms with Crippen LogP contribution in [0.5, 0.6) is 0 Å². The number of aliphatic hydroxyl groups is 3. The average molecular weight is 739 g/mol. The molecular formula is C44H66O9. The smallest absolute Gasteiger partial charge is 0.333 e. The molecule has 4 saturated carbocycles. The highest BCUT2D eigenvalue weighted by atomic mass is 16.6. The summed E-state index contributed by atoms with van der Waals surface area (Å²) in [5.74, 6) is -1.58. The molecule has 5 rings (SSSR count). The van der Waals surface area contributed by atoms with E-state index in [0.717, 1.165) is 25.7 Å². The number of allylic oxidation sites excluding steroid dienone is 5. The topological polar surface area (TPSA) is 140 Å². The van der Waals surface area contributed by atoms with Gasteiger partial charge in [-0.1, -0.05) is 64.5 Å². The molecule has 0 radical (unpaired) electrons. The number of hydrogen-bond donors (Lipinski definition) is 3. The predicted molar refractivity (Wildman–Crippen MR) is 203 cm³/mol. The first-order chi connectivity index (χ1) is 24.7. The summed E-state index contributed by atoms with van der Waals surface area (Å²) in [6, 6.07) is 0. The van der Waals surface area contributed by atoms with Gasteiger partial charge in [-0.15, -0.1) is 0 Å². The molecule has 9 heteroatoms. The van der Waals surface area contributed by atoms with Crippen LogP contribution in [-0.2, 0) is 28.6 Å². The molecule has 4 fully saturated rings. The maximum atomic E-state index is 13.1. The maximum absolute atomic E-state index is 13.1. The zero-order chi connectivity index (χ0) is 39.5. The Bertz CT molecular complexity index is 1590. The van der Waals surface area contributed by atoms with Crippen LogP contribution in [0.3, 0.4) is 0 Å². The van der Waals surface area contributed by atoms with Crippen molar-refractivity contribution in [2.24, 2.45) is 50.7 Å². The fourth-order valence-corrected chi connectivity index (χ4v) is 12.1. The minimum absolute atomic E-state index is 0.114. The lowest BCUT2D eigenvalue weighted by Gasteiger charge is -2.72. The molecule has 0 amide bonds. The molecule has 0 saturated heterocycles. The van der Waals surface area contributed by atoms with Gasteiger partial charge in [0, 0.05) is 22.1 Å². The number of carbonyl (C=O) groups is 3. The van der Waals surface area contributed by atoms with E-state index >= 15 is 0 Å². The largest absolute Gasteiger partial charge is 0.462 e. The van der Waals surface area contributed by atoms with E-state index in [4.69, 9.17) is 14.2 Å². The Balaban J connectivity index is 1.56. The van der Waals surface area contributed by atoms with Crippen LogP contribution in [0.25, 0.3) is 0 Å². The zero-order valence-electron chi connectivity index (χ0n) is 34.1. The Hall–Kier alpha value is -2.75. The Morgan fingerprint density at radius 1 is 0.792 bits per heavy atom. The third-order valence-corrected chi connectivity index (χ3v) is 16.1. The molecule has 13 atom stereocenters. The summed E-state index contributed by atoms with van der Waals surface area (Å²) in [5, 5.41) is 36.6. The molecule has 0 aliphatic heterocycles. The van der Waals surface area contributed by atoms with Gasteiger partial charge in [-0.2, -0.15) is 0 Å². The Morgan fingerprint density at radius 3 is 1.94 bits per heavy atom. The third kappa shape index (κ3) is 6.29. The molecule has 4 unspecified atom stereocenters. The van der Waals surface area contributed by atoms with Gasteiger partial charge in [-0.25, -0.2) is 14.4 Å². The molecule has 0 aromatic rings. The second-order valence-electron chi connectivity index (χ2n) is 18.3. The van der Waals surface area contributed by atoms with Gasteiger partial charge in [0.1, 0.15) is 18.8 Å². The SMILES string of the molecule is C/C=C(/C)C(=O)OC[C@@]12C(CC(C)[C@@H](OC(=O)/C(C)=C\C)[C@@H]1O)C1=CCC3[C@@]4(C)CC[C@H](O)[C@](C)(COC(=O)/C(C)=C\C)C4CC[C@@]3(C)[C@]1(C)C[C@H]2O. The maximum Gasteiger partial charge on any atom is 0.333 e. The van der Waals surface area contributed by atoms with E-state index in [9.17, 15) is 29.7 Å². The highest BCUT2D eigenvalue weighted by Gasteiger charge is 2.72. The van der Waals surface area contributed by atoms with E-state index in [1.165, 1.54) is 5.57 Å². The molecule has 9 nitrogen and oxygen atoms in total. The normalized spacial score (nSPS) is 44.3. The first-order valence-electron chi connectivity index (χ1n) is 19.9. The second kappa shape index (κ2) is 14.7. The van der Waals surface area contributed by atoms with Crippen molar-refractivity contribution in [3.63, 3.8) is 0 Å². The molecule has 0 aromatic carbocycles. The van der Waals surface area contributed by atoms with Crippen LogP contribution in [0.2, 0.25) is 0 Å². The van der Waals surface area contributed by atoms with E-state index < -0.39 is 52.6 Å². The van der Waals surface area contributed by atoms with Crippen molar-refractivity contribution >= 4 is 17.9 Å². The van der Waals surface area contributed by atoms with Gasteiger partial charge in [0.2, 0.25) is 0 Å². The second-order valence-corrected chi connectivity index (χ2v) is 18.3. The first-order valence-corrected chi connectivity index (χ1v) is 19.9. The standard InChI is InChI=1S/C44H66O9/c1-12-25(4)37(48)51-23-41(9)31-17-20-42(10)32(40(31,8)19-18-33(41)45)16-15-29-30-21-28(7)35(53-39(50)27(6)14-3)36(47)44(30,34(46)22-43(29,42)11)24-52-38(49)26(5)13-2/h12-15,28,30-36,45-47H,16-24H2,1-11H3/b25-12-,26-13-,27-14-/t28?,30?,31?,32?,33-,34+,35+,36-,40-,41+,42+,43+,44-/m0/s1. The lowest BCUT2D eigenvalue weighted by Crippen LogP contribution is -2.71. The summed E-state index contributed by atoms with van der Waals surface area (Å²) in [7, 11) is 0. The molecule has 0 heterocycles. The van der Waals surface area contributed by atoms with Crippen LogP contribution in [-0.4, -0.2) is 70.9 Å². The summed E-state index contributed by atoms with van der Waals surface area (Å²) in [6.45, 7) is 21.5. The van der Waals surface area contributed by atoms with E-state index in [0.29, 0.717) is 36.0 Å². The van der Waals surface area contributed by atoms with Gasteiger partial charge < -0.3 is 29.5 Å². The summed E-state index contributed by atoms with van der Waals surface area (Å²) < 4.78 is 17.8. The van der Waals surface area contributed by atoms with E-state index in [1.54, 1.807) is 52.8 Å². The zero-order valence-corrected chi connectivity index (χ0v) is 34.1. The van der Waals surface area contributed by atoms with Gasteiger partial charge in [0.25, 0.3) is 0 Å². The van der Waals surface area contributed by atoms with Crippen molar-refractivity contribution in [2.75, 3.05) is 13.2 Å². The number of esters is 3. The molecule has 5 aliphatic carbocycles. The van der Waals surface area contributed by atoms with E-state index in [1.807, 2.05) is 13.8 Å². The molecule has 0 bridgehead atoms. The van der Waals surface area contributed by atoms with Crippen LogP contribution in [0, 0.1) is 50.7 Å². The minimum Gasteiger partial charge on any atom is -0.462 e. The van der Waals surface area contributed by atoms with Crippen molar-refractivity contribution in [1.29, 1.82) is 0 Å². The van der Waals surface area contributed by atoms with Crippen LogP contribution >= 0.6 is 0 Å². The lowest BCUT2D eigenvalue weighted by molar-refractivity contribution is -0.254. The van der Waals surface area contributed by atoms with Crippen molar-refractivity contribution in [3.05, 3.63) is 46.6 Å². The Kier molecular flexibility index (Phi) is 11.5. The number of rotatable bonds is 8. The molecule has 0 aromatic heterocycles. The predicted octanol–water partition coefficient (Wildman–Crippen LogP) is 7.19. The van der Waals surface area contributed by atoms with Gasteiger partial charge in [0.15, 0.2) is 0 Å². The monoisotopic (exact) mass is 738 g/mol. The lowest BCUT2D eigenvalue weighted by atomic mass is 9.33. The number of hydrogen-bond acceptors (Lipinski definition) is 9. The highest BCUT2D eigenvalue weighted by Crippen LogP contribution is 2.75. The summed E-state index contributed by atoms with van der Waals surface area (Å²) in [4.78, 5) is 38.9. The summed E-state index contributed by atoms with van der Waals surface area (Å²) in [5.41, 5.74) is -0.150. The molecule has 296 valence electrons. The minimum atomic E-state index is -1.29.